The van der Waals surface area contributed by atoms with Crippen LogP contribution in [0.5, 0.6) is 0 Å². The normalized spacial score (nSPS) is 13.3. The number of nitrogens with one attached hydrogen (secondary N) is 1. The SMILES string of the molecule is O=C(Nc1cnn(Cc2ccc(C(=O)C3CC3)o2)c1)OCc1ccccc1Cl. The van der Waals surface area contributed by atoms with E-state index in [1.54, 1.807) is 35.1 Å². The van der Waals surface area contributed by atoms with Crippen LogP contribution in [0.25, 0.3) is 0 Å². The van der Waals surface area contributed by atoms with Crippen LogP contribution in [0.15, 0.2) is 53.2 Å². The summed E-state index contributed by atoms with van der Waals surface area (Å²) in [6, 6.07) is 10.6. The number of halogens is 1. The van der Waals surface area contributed by atoms with Gasteiger partial charge in [0.15, 0.2) is 5.76 Å². The zero-order chi connectivity index (χ0) is 19.5. The molecular weight excluding hydrogens is 382 g/mol. The van der Waals surface area contributed by atoms with E-state index in [0.717, 1.165) is 18.4 Å². The van der Waals surface area contributed by atoms with Crippen molar-refractivity contribution in [3.8, 4) is 0 Å². The lowest BCUT2D eigenvalue weighted by Crippen LogP contribution is -2.13. The van der Waals surface area contributed by atoms with Crippen molar-refractivity contribution in [2.24, 2.45) is 5.92 Å². The molecule has 0 aliphatic heterocycles. The molecule has 1 amide bonds. The lowest BCUT2D eigenvalue weighted by Gasteiger charge is -2.06. The van der Waals surface area contributed by atoms with Gasteiger partial charge in [0.25, 0.3) is 0 Å². The molecule has 144 valence electrons. The van der Waals surface area contributed by atoms with Gasteiger partial charge in [-0.25, -0.2) is 4.79 Å². The summed E-state index contributed by atoms with van der Waals surface area (Å²) in [5, 5.41) is 7.33. The summed E-state index contributed by atoms with van der Waals surface area (Å²) >= 11 is 6.04. The minimum Gasteiger partial charge on any atom is -0.456 e. The average molecular weight is 400 g/mol. The fraction of sp³-hybridized carbons (Fsp3) is 0.250. The maximum atomic E-state index is 12.0. The Kier molecular flexibility index (Phi) is 5.16. The predicted octanol–water partition coefficient (Wildman–Crippen LogP) is 4.52. The van der Waals surface area contributed by atoms with Gasteiger partial charge < -0.3 is 9.15 Å². The third-order valence-corrected chi connectivity index (χ3v) is 4.74. The quantitative estimate of drug-likeness (QED) is 0.590. The van der Waals surface area contributed by atoms with Crippen LogP contribution in [0.1, 0.15) is 34.7 Å². The van der Waals surface area contributed by atoms with E-state index in [0.29, 0.717) is 28.8 Å². The Balaban J connectivity index is 1.30. The number of Topliss-reactive ketones (excluding diaryl/α,β-unsaturated/α-hetero) is 1. The molecule has 1 N–H and O–H groups in total. The second kappa shape index (κ2) is 7.90. The highest BCUT2D eigenvalue weighted by Crippen LogP contribution is 2.33. The van der Waals surface area contributed by atoms with Crippen LogP contribution >= 0.6 is 11.6 Å². The number of ether oxygens (including phenoxy) is 1. The summed E-state index contributed by atoms with van der Waals surface area (Å²) in [6.45, 7) is 0.429. The van der Waals surface area contributed by atoms with Gasteiger partial charge in [0.05, 0.1) is 18.4 Å². The number of rotatable bonds is 7. The van der Waals surface area contributed by atoms with Crippen molar-refractivity contribution in [2.75, 3.05) is 5.32 Å². The van der Waals surface area contributed by atoms with Gasteiger partial charge in [-0.1, -0.05) is 29.8 Å². The molecule has 7 nitrogen and oxygen atoms in total. The van der Waals surface area contributed by atoms with E-state index in [-0.39, 0.29) is 18.3 Å². The molecule has 1 aromatic carbocycles. The van der Waals surface area contributed by atoms with Gasteiger partial charge in [-0.2, -0.15) is 5.10 Å². The Bertz CT molecular complexity index is 1010. The van der Waals surface area contributed by atoms with Gasteiger partial charge in [-0.15, -0.1) is 0 Å². The number of ketones is 1. The van der Waals surface area contributed by atoms with Crippen LogP contribution in [0.2, 0.25) is 5.02 Å². The van der Waals surface area contributed by atoms with E-state index < -0.39 is 6.09 Å². The van der Waals surface area contributed by atoms with Crippen LogP contribution in [-0.2, 0) is 17.9 Å². The molecule has 0 radical (unpaired) electrons. The van der Waals surface area contributed by atoms with Gasteiger partial charge in [-0.05, 0) is 31.0 Å². The summed E-state index contributed by atoms with van der Waals surface area (Å²) in [4.78, 5) is 23.9. The molecule has 3 aromatic rings. The Labute approximate surface area is 166 Å². The highest BCUT2D eigenvalue weighted by molar-refractivity contribution is 6.31. The fourth-order valence-corrected chi connectivity index (χ4v) is 2.92. The number of hydrogen-bond acceptors (Lipinski definition) is 5. The van der Waals surface area contributed by atoms with Crippen LogP contribution in [0.4, 0.5) is 10.5 Å². The summed E-state index contributed by atoms with van der Waals surface area (Å²) in [5.41, 5.74) is 1.22. The summed E-state index contributed by atoms with van der Waals surface area (Å²) in [6.07, 6.45) is 4.44. The molecule has 2 aromatic heterocycles. The van der Waals surface area contributed by atoms with Gasteiger partial charge in [0, 0.05) is 22.7 Å². The Morgan fingerprint density at radius 3 is 2.86 bits per heavy atom. The van der Waals surface area contributed by atoms with Crippen molar-refractivity contribution in [3.05, 3.63) is 70.9 Å². The summed E-state index contributed by atoms with van der Waals surface area (Å²) < 4.78 is 12.4. The van der Waals surface area contributed by atoms with E-state index in [1.807, 2.05) is 12.1 Å². The highest BCUT2D eigenvalue weighted by Gasteiger charge is 2.32. The van der Waals surface area contributed by atoms with Gasteiger partial charge in [-0.3, -0.25) is 14.8 Å². The first-order chi connectivity index (χ1) is 13.6. The molecule has 1 aliphatic rings. The van der Waals surface area contributed by atoms with E-state index >= 15 is 0 Å². The zero-order valence-corrected chi connectivity index (χ0v) is 15.7. The van der Waals surface area contributed by atoms with Gasteiger partial charge >= 0.3 is 6.09 Å². The third kappa shape index (κ3) is 4.43. The van der Waals surface area contributed by atoms with Crippen molar-refractivity contribution in [3.63, 3.8) is 0 Å². The maximum Gasteiger partial charge on any atom is 0.412 e. The molecular formula is C20H18ClN3O4. The van der Waals surface area contributed by atoms with E-state index in [4.69, 9.17) is 20.8 Å². The van der Waals surface area contributed by atoms with Gasteiger partial charge in [0.2, 0.25) is 5.78 Å². The molecule has 8 heteroatoms. The molecule has 1 aliphatic carbocycles. The summed E-state index contributed by atoms with van der Waals surface area (Å²) in [5.74, 6) is 1.21. The van der Waals surface area contributed by atoms with Crippen molar-refractivity contribution in [1.82, 2.24) is 9.78 Å². The van der Waals surface area contributed by atoms with Crippen molar-refractivity contribution in [1.29, 1.82) is 0 Å². The van der Waals surface area contributed by atoms with Crippen LogP contribution < -0.4 is 5.32 Å². The van der Waals surface area contributed by atoms with E-state index in [2.05, 4.69) is 10.4 Å². The first-order valence-electron chi connectivity index (χ1n) is 8.91. The first kappa shape index (κ1) is 18.3. The third-order valence-electron chi connectivity index (χ3n) is 4.37. The fourth-order valence-electron chi connectivity index (χ4n) is 2.73. The Hall–Kier alpha value is -3.06. The number of carbonyl (C=O) groups excluding carboxylic acids is 2. The number of hydrogen-bond donors (Lipinski definition) is 1. The Morgan fingerprint density at radius 2 is 2.07 bits per heavy atom. The molecule has 0 atom stereocenters. The minimum absolute atomic E-state index is 0.0651. The zero-order valence-electron chi connectivity index (χ0n) is 14.9. The average Bonchev–Trinajstić information content (AvgIpc) is 3.28. The van der Waals surface area contributed by atoms with Crippen LogP contribution in [0.3, 0.4) is 0 Å². The van der Waals surface area contributed by atoms with Crippen molar-refractivity contribution >= 4 is 29.2 Å². The number of carbonyl (C=O) groups is 2. The molecule has 4 rings (SSSR count). The molecule has 0 spiro atoms. The topological polar surface area (TPSA) is 86.4 Å². The van der Waals surface area contributed by atoms with Crippen LogP contribution in [-0.4, -0.2) is 21.7 Å². The molecule has 1 fully saturated rings. The number of aromatic nitrogens is 2. The van der Waals surface area contributed by atoms with Crippen LogP contribution in [0, 0.1) is 5.92 Å². The number of amides is 1. The molecule has 1 saturated carbocycles. The lowest BCUT2D eigenvalue weighted by atomic mass is 10.2. The molecule has 0 bridgehead atoms. The van der Waals surface area contributed by atoms with Crippen molar-refractivity contribution < 1.29 is 18.7 Å². The minimum atomic E-state index is -0.602. The smallest absolute Gasteiger partial charge is 0.412 e. The maximum absolute atomic E-state index is 12.0. The number of nitrogens with zero attached hydrogens (tertiary/aromatic N) is 2. The molecule has 2 heterocycles. The number of benzene rings is 1. The van der Waals surface area contributed by atoms with E-state index in [1.165, 1.54) is 6.20 Å². The molecule has 0 unspecified atom stereocenters. The molecule has 28 heavy (non-hydrogen) atoms. The number of anilines is 1. The predicted molar refractivity (Wildman–Crippen MR) is 102 cm³/mol. The summed E-state index contributed by atoms with van der Waals surface area (Å²) in [7, 11) is 0. The second-order valence-corrected chi connectivity index (χ2v) is 7.03. The largest absolute Gasteiger partial charge is 0.456 e. The highest BCUT2D eigenvalue weighted by atomic mass is 35.5. The Morgan fingerprint density at radius 1 is 1.25 bits per heavy atom. The standard InChI is InChI=1S/C20H18ClN3O4/c21-17-4-2-1-3-14(17)12-27-20(26)23-15-9-22-24(10-15)11-16-7-8-18(28-16)19(25)13-5-6-13/h1-4,7-10,13H,5-6,11-12H2,(H,23,26). The first-order valence-corrected chi connectivity index (χ1v) is 9.29. The number of furan rings is 1. The van der Waals surface area contributed by atoms with E-state index in [9.17, 15) is 9.59 Å². The van der Waals surface area contributed by atoms with Gasteiger partial charge in [0.1, 0.15) is 12.4 Å². The van der Waals surface area contributed by atoms with Crippen molar-refractivity contribution in [2.45, 2.75) is 26.0 Å². The monoisotopic (exact) mass is 399 g/mol. The second-order valence-electron chi connectivity index (χ2n) is 6.62. The lowest BCUT2D eigenvalue weighted by molar-refractivity contribution is 0.0938. The molecule has 0 saturated heterocycles.